The molecule has 9 heteroatoms. The maximum absolute atomic E-state index is 12.6. The Hall–Kier alpha value is -2.84. The second-order valence-corrected chi connectivity index (χ2v) is 8.76. The zero-order chi connectivity index (χ0) is 21.7. The van der Waals surface area contributed by atoms with Gasteiger partial charge < -0.3 is 9.64 Å². The summed E-state index contributed by atoms with van der Waals surface area (Å²) in [6.45, 7) is 7.30. The third-order valence-corrected chi connectivity index (χ3v) is 5.33. The van der Waals surface area contributed by atoms with E-state index < -0.39 is 23.6 Å². The first kappa shape index (κ1) is 21.9. The predicted molar refractivity (Wildman–Crippen MR) is 111 cm³/mol. The highest BCUT2D eigenvalue weighted by atomic mass is 16.6. The Morgan fingerprint density at radius 3 is 2.37 bits per heavy atom. The largest absolute Gasteiger partial charge is 0.444 e. The topological polar surface area (TPSA) is 104 Å². The molecule has 9 nitrogen and oxygen atoms in total. The zero-order valence-electron chi connectivity index (χ0n) is 17.9. The van der Waals surface area contributed by atoms with Crippen molar-refractivity contribution in [2.75, 3.05) is 24.5 Å². The molecule has 3 rings (SSSR count). The van der Waals surface area contributed by atoms with Crippen molar-refractivity contribution in [1.82, 2.24) is 20.7 Å². The first-order chi connectivity index (χ1) is 14.2. The molecular formula is C21H31N5O4. The second kappa shape index (κ2) is 9.32. The van der Waals surface area contributed by atoms with Gasteiger partial charge in [-0.15, -0.1) is 0 Å². The van der Waals surface area contributed by atoms with Gasteiger partial charge in [0, 0.05) is 31.7 Å². The van der Waals surface area contributed by atoms with Gasteiger partial charge in [0.2, 0.25) is 5.91 Å². The summed E-state index contributed by atoms with van der Waals surface area (Å²) in [5, 5.41) is 0. The third kappa shape index (κ3) is 5.61. The highest BCUT2D eigenvalue weighted by Crippen LogP contribution is 2.22. The highest BCUT2D eigenvalue weighted by Gasteiger charge is 2.37. The first-order valence-electron chi connectivity index (χ1n) is 10.5. The van der Waals surface area contributed by atoms with Gasteiger partial charge in [0.15, 0.2) is 0 Å². The Morgan fingerprint density at radius 2 is 1.73 bits per heavy atom. The van der Waals surface area contributed by atoms with Crippen molar-refractivity contribution in [2.45, 2.75) is 58.1 Å². The molecule has 2 aliphatic rings. The predicted octanol–water partition coefficient (Wildman–Crippen LogP) is 1.84. The highest BCUT2D eigenvalue weighted by molar-refractivity contribution is 5.88. The second-order valence-electron chi connectivity index (χ2n) is 8.76. The number of pyridine rings is 1. The van der Waals surface area contributed by atoms with Crippen LogP contribution >= 0.6 is 0 Å². The van der Waals surface area contributed by atoms with Gasteiger partial charge in [0.05, 0.1) is 0 Å². The fourth-order valence-electron chi connectivity index (χ4n) is 3.80. The van der Waals surface area contributed by atoms with Crippen molar-refractivity contribution in [3.05, 3.63) is 24.4 Å². The quantitative estimate of drug-likeness (QED) is 0.728. The SMILES string of the molecule is CC(C)(C)OC(=O)N1CCCC1C(=O)NNC(=O)C1CCN(c2ccccn2)CC1. The number of hydrogen-bond acceptors (Lipinski definition) is 6. The molecule has 1 aromatic heterocycles. The van der Waals surface area contributed by atoms with Crippen LogP contribution in [0, 0.1) is 5.92 Å². The van der Waals surface area contributed by atoms with E-state index in [9.17, 15) is 14.4 Å². The molecule has 0 radical (unpaired) electrons. The van der Waals surface area contributed by atoms with Crippen LogP contribution in [0.5, 0.6) is 0 Å². The van der Waals surface area contributed by atoms with Crippen molar-refractivity contribution in [1.29, 1.82) is 0 Å². The van der Waals surface area contributed by atoms with Gasteiger partial charge in [-0.3, -0.25) is 25.3 Å². The standard InChI is InChI=1S/C21H31N5O4/c1-21(2,3)30-20(29)26-12-6-7-16(26)19(28)24-23-18(27)15-9-13-25(14-10-15)17-8-4-5-11-22-17/h4-5,8,11,15-16H,6-7,9-10,12-14H2,1-3H3,(H,23,27)(H,24,28). The van der Waals surface area contributed by atoms with Crippen LogP contribution < -0.4 is 15.8 Å². The minimum absolute atomic E-state index is 0.171. The molecule has 2 saturated heterocycles. The minimum Gasteiger partial charge on any atom is -0.444 e. The van der Waals surface area contributed by atoms with Crippen LogP contribution in [0.2, 0.25) is 0 Å². The summed E-state index contributed by atoms with van der Waals surface area (Å²) in [4.78, 5) is 45.3. The molecular weight excluding hydrogens is 386 g/mol. The summed E-state index contributed by atoms with van der Waals surface area (Å²) in [7, 11) is 0. The van der Waals surface area contributed by atoms with Crippen LogP contribution in [0.15, 0.2) is 24.4 Å². The van der Waals surface area contributed by atoms with E-state index >= 15 is 0 Å². The number of hydrogen-bond donors (Lipinski definition) is 2. The molecule has 30 heavy (non-hydrogen) atoms. The molecule has 1 unspecified atom stereocenters. The van der Waals surface area contributed by atoms with E-state index in [2.05, 4.69) is 20.7 Å². The maximum atomic E-state index is 12.6. The summed E-state index contributed by atoms with van der Waals surface area (Å²) < 4.78 is 5.38. The lowest BCUT2D eigenvalue weighted by atomic mass is 9.96. The summed E-state index contributed by atoms with van der Waals surface area (Å²) >= 11 is 0. The summed E-state index contributed by atoms with van der Waals surface area (Å²) in [6.07, 6.45) is 3.89. The van der Waals surface area contributed by atoms with E-state index in [1.54, 1.807) is 27.0 Å². The number of aromatic nitrogens is 1. The molecule has 3 amide bonds. The van der Waals surface area contributed by atoms with E-state index in [0.29, 0.717) is 25.8 Å². The maximum Gasteiger partial charge on any atom is 0.410 e. The first-order valence-corrected chi connectivity index (χ1v) is 10.5. The molecule has 0 bridgehead atoms. The van der Waals surface area contributed by atoms with Crippen molar-refractivity contribution in [3.63, 3.8) is 0 Å². The van der Waals surface area contributed by atoms with Gasteiger partial charge in [0.1, 0.15) is 17.5 Å². The summed E-state index contributed by atoms with van der Waals surface area (Å²) in [5.41, 5.74) is 4.41. The number of nitrogens with zero attached hydrogens (tertiary/aromatic N) is 3. The van der Waals surface area contributed by atoms with E-state index in [4.69, 9.17) is 4.74 Å². The Balaban J connectivity index is 1.45. The minimum atomic E-state index is -0.633. The molecule has 0 aromatic carbocycles. The van der Waals surface area contributed by atoms with E-state index in [0.717, 1.165) is 25.3 Å². The smallest absolute Gasteiger partial charge is 0.410 e. The van der Waals surface area contributed by atoms with Crippen LogP contribution in [0.25, 0.3) is 0 Å². The lowest BCUT2D eigenvalue weighted by Gasteiger charge is -2.32. The number of likely N-dealkylation sites (tertiary alicyclic amines) is 1. The van der Waals surface area contributed by atoms with Gasteiger partial charge in [0.25, 0.3) is 5.91 Å². The van der Waals surface area contributed by atoms with Crippen LogP contribution in [-0.4, -0.2) is 59.1 Å². The van der Waals surface area contributed by atoms with E-state index in [-0.39, 0.29) is 11.8 Å². The number of amides is 3. The molecule has 1 atom stereocenters. The van der Waals surface area contributed by atoms with E-state index in [1.165, 1.54) is 4.90 Å². The van der Waals surface area contributed by atoms with Crippen molar-refractivity contribution in [3.8, 4) is 0 Å². The Morgan fingerprint density at radius 1 is 1.03 bits per heavy atom. The average molecular weight is 418 g/mol. The number of piperidine rings is 1. The lowest BCUT2D eigenvalue weighted by Crippen LogP contribution is -2.54. The number of carbonyl (C=O) groups excluding carboxylic acids is 3. The van der Waals surface area contributed by atoms with Crippen molar-refractivity contribution < 1.29 is 19.1 Å². The number of rotatable bonds is 3. The fourth-order valence-corrected chi connectivity index (χ4v) is 3.80. The monoisotopic (exact) mass is 417 g/mol. The van der Waals surface area contributed by atoms with Crippen LogP contribution in [0.3, 0.4) is 0 Å². The van der Waals surface area contributed by atoms with Crippen LogP contribution in [0.1, 0.15) is 46.5 Å². The van der Waals surface area contributed by atoms with Crippen molar-refractivity contribution in [2.24, 2.45) is 5.92 Å². The Labute approximate surface area is 177 Å². The normalized spacial score (nSPS) is 20.0. The summed E-state index contributed by atoms with van der Waals surface area (Å²) in [5.74, 6) is 0.146. The van der Waals surface area contributed by atoms with Crippen LogP contribution in [-0.2, 0) is 14.3 Å². The molecule has 0 saturated carbocycles. The molecule has 2 aliphatic heterocycles. The zero-order valence-corrected chi connectivity index (χ0v) is 17.9. The Bertz CT molecular complexity index is 756. The molecule has 0 aliphatic carbocycles. The van der Waals surface area contributed by atoms with Gasteiger partial charge in [-0.2, -0.15) is 0 Å². The number of ether oxygens (including phenoxy) is 1. The number of hydrazine groups is 1. The average Bonchev–Trinajstić information content (AvgIpc) is 3.21. The number of nitrogens with one attached hydrogen (secondary N) is 2. The van der Waals surface area contributed by atoms with Gasteiger partial charge in [-0.05, 0) is 58.6 Å². The molecule has 164 valence electrons. The van der Waals surface area contributed by atoms with Crippen LogP contribution in [0.4, 0.5) is 10.6 Å². The molecule has 2 fully saturated rings. The number of carbonyl (C=O) groups is 3. The number of anilines is 1. The molecule has 1 aromatic rings. The third-order valence-electron chi connectivity index (χ3n) is 5.33. The van der Waals surface area contributed by atoms with Crippen molar-refractivity contribution >= 4 is 23.7 Å². The lowest BCUT2D eigenvalue weighted by molar-refractivity contribution is -0.133. The van der Waals surface area contributed by atoms with E-state index in [1.807, 2.05) is 18.2 Å². The van der Waals surface area contributed by atoms with Gasteiger partial charge in [-0.25, -0.2) is 9.78 Å². The fraction of sp³-hybridized carbons (Fsp3) is 0.619. The molecule has 0 spiro atoms. The van der Waals surface area contributed by atoms with Gasteiger partial charge >= 0.3 is 6.09 Å². The molecule has 3 heterocycles. The summed E-state index contributed by atoms with van der Waals surface area (Å²) in [6, 6.07) is 5.14. The Kier molecular flexibility index (Phi) is 6.79. The molecule has 2 N–H and O–H groups in total. The van der Waals surface area contributed by atoms with Gasteiger partial charge in [-0.1, -0.05) is 6.07 Å².